The Morgan fingerprint density at radius 2 is 2.00 bits per heavy atom. The number of ketones is 1. The van der Waals surface area contributed by atoms with Gasteiger partial charge in [-0.25, -0.2) is 4.79 Å². The first-order chi connectivity index (χ1) is 7.90. The number of carbonyl (C=O) groups excluding carboxylic acids is 1. The molecular formula is C13H19ClO3. The highest BCUT2D eigenvalue weighted by Gasteiger charge is 2.51. The van der Waals surface area contributed by atoms with Crippen molar-refractivity contribution in [3.63, 3.8) is 0 Å². The predicted molar refractivity (Wildman–Crippen MR) is 67.2 cm³/mol. The molecule has 0 saturated heterocycles. The third kappa shape index (κ3) is 3.84. The number of carbonyl (C=O) groups is 2. The van der Waals surface area contributed by atoms with Crippen LogP contribution in [0.4, 0.5) is 0 Å². The molecule has 1 fully saturated rings. The van der Waals surface area contributed by atoms with Crippen LogP contribution in [0.3, 0.4) is 0 Å². The Morgan fingerprint density at radius 3 is 2.41 bits per heavy atom. The maximum atomic E-state index is 12.0. The lowest BCUT2D eigenvalue weighted by Gasteiger charge is -2.04. The van der Waals surface area contributed by atoms with Gasteiger partial charge in [0.15, 0.2) is 5.78 Å². The first-order valence-electron chi connectivity index (χ1n) is 5.94. The Labute approximate surface area is 107 Å². The molecule has 1 N–H and O–H groups in total. The molecule has 3 nitrogen and oxygen atoms in total. The molecule has 0 heterocycles. The molecule has 0 radical (unpaired) electrons. The van der Waals surface area contributed by atoms with Gasteiger partial charge in [0.1, 0.15) is 0 Å². The van der Waals surface area contributed by atoms with Crippen LogP contribution in [0, 0.1) is 11.3 Å². The summed E-state index contributed by atoms with van der Waals surface area (Å²) in [5.41, 5.74) is -0.0722. The number of allylic oxidation sites excluding steroid dienone is 1. The summed E-state index contributed by atoms with van der Waals surface area (Å²) in [7, 11) is 0. The zero-order valence-electron chi connectivity index (χ0n) is 10.3. The van der Waals surface area contributed by atoms with E-state index in [-0.39, 0.29) is 22.7 Å². The lowest BCUT2D eigenvalue weighted by molar-refractivity contribution is -0.135. The molecule has 1 atom stereocenters. The van der Waals surface area contributed by atoms with Crippen molar-refractivity contribution >= 4 is 23.4 Å². The van der Waals surface area contributed by atoms with Crippen LogP contribution in [-0.2, 0) is 9.59 Å². The molecule has 0 aliphatic heterocycles. The summed E-state index contributed by atoms with van der Waals surface area (Å²) in [6.45, 7) is 3.98. The van der Waals surface area contributed by atoms with Crippen LogP contribution in [0.15, 0.2) is 11.6 Å². The summed E-state index contributed by atoms with van der Waals surface area (Å²) in [5.74, 6) is -0.866. The van der Waals surface area contributed by atoms with Crippen LogP contribution in [0.5, 0.6) is 0 Å². The predicted octanol–water partition coefficient (Wildman–Crippen LogP) is 3.02. The van der Waals surface area contributed by atoms with Crippen LogP contribution in [0.1, 0.15) is 39.5 Å². The maximum absolute atomic E-state index is 12.0. The summed E-state index contributed by atoms with van der Waals surface area (Å²) in [6, 6.07) is 0. The number of unbranched alkanes of at least 4 members (excludes halogenated alkanes) is 2. The molecule has 1 aliphatic rings. The van der Waals surface area contributed by atoms with E-state index in [4.69, 9.17) is 16.7 Å². The zero-order valence-corrected chi connectivity index (χ0v) is 11.1. The van der Waals surface area contributed by atoms with Crippen molar-refractivity contribution in [1.82, 2.24) is 0 Å². The minimum Gasteiger partial charge on any atom is -0.478 e. The van der Waals surface area contributed by atoms with Gasteiger partial charge in [-0.1, -0.05) is 19.9 Å². The van der Waals surface area contributed by atoms with Gasteiger partial charge in [0.25, 0.3) is 0 Å². The second-order valence-corrected chi connectivity index (χ2v) is 5.60. The number of hydrogen-bond donors (Lipinski definition) is 1. The highest BCUT2D eigenvalue weighted by molar-refractivity contribution is 6.18. The van der Waals surface area contributed by atoms with E-state index in [0.29, 0.717) is 12.3 Å². The second kappa shape index (κ2) is 5.67. The smallest absolute Gasteiger partial charge is 0.339 e. The number of carboxylic acid groups (broad SMARTS) is 1. The standard InChI is InChI=1S/C13H19ClO3/c1-13(2)8-10(13)11(15)9(12(16)17)6-4-3-5-7-14/h6,10H,3-5,7-8H2,1-2H3,(H,16,17)/b9-6-/t10-/m1/s1. The highest BCUT2D eigenvalue weighted by Crippen LogP contribution is 2.53. The van der Waals surface area contributed by atoms with Crippen LogP contribution < -0.4 is 0 Å². The molecule has 1 saturated carbocycles. The van der Waals surface area contributed by atoms with Crippen molar-refractivity contribution < 1.29 is 14.7 Å². The number of Topliss-reactive ketones (excluding diaryl/α,β-unsaturated/α-hetero) is 1. The minimum absolute atomic E-state index is 0.0260. The van der Waals surface area contributed by atoms with E-state index in [0.717, 1.165) is 19.3 Å². The van der Waals surface area contributed by atoms with Crippen LogP contribution >= 0.6 is 11.6 Å². The van der Waals surface area contributed by atoms with E-state index < -0.39 is 5.97 Å². The van der Waals surface area contributed by atoms with Crippen molar-refractivity contribution in [3.05, 3.63) is 11.6 Å². The van der Waals surface area contributed by atoms with Crippen molar-refractivity contribution in [1.29, 1.82) is 0 Å². The van der Waals surface area contributed by atoms with Crippen molar-refractivity contribution in [2.24, 2.45) is 11.3 Å². The molecule has 0 amide bonds. The van der Waals surface area contributed by atoms with E-state index >= 15 is 0 Å². The molecule has 0 aromatic rings. The summed E-state index contributed by atoms with van der Waals surface area (Å²) in [6.07, 6.45) is 4.60. The van der Waals surface area contributed by atoms with Gasteiger partial charge in [-0.05, 0) is 31.1 Å². The number of hydrogen-bond acceptors (Lipinski definition) is 2. The Kier molecular flexibility index (Phi) is 4.75. The van der Waals surface area contributed by atoms with E-state index in [1.54, 1.807) is 6.08 Å². The number of carboxylic acids is 1. The first-order valence-corrected chi connectivity index (χ1v) is 6.47. The fourth-order valence-electron chi connectivity index (χ4n) is 1.88. The number of alkyl halides is 1. The van der Waals surface area contributed by atoms with E-state index in [9.17, 15) is 9.59 Å². The average Bonchev–Trinajstić information content (AvgIpc) is 2.86. The Bertz CT molecular complexity index is 345. The topological polar surface area (TPSA) is 54.4 Å². The molecule has 1 rings (SSSR count). The molecule has 0 bridgehead atoms. The van der Waals surface area contributed by atoms with Crippen LogP contribution in [0.2, 0.25) is 0 Å². The summed E-state index contributed by atoms with van der Waals surface area (Å²) < 4.78 is 0. The molecule has 0 aromatic heterocycles. The largest absolute Gasteiger partial charge is 0.478 e. The van der Waals surface area contributed by atoms with Gasteiger partial charge in [-0.2, -0.15) is 0 Å². The SMILES string of the molecule is CC1(C)C[C@@H]1C(=O)/C(=C/CCCCCl)C(=O)O. The van der Waals surface area contributed by atoms with E-state index in [1.165, 1.54) is 0 Å². The van der Waals surface area contributed by atoms with Gasteiger partial charge in [-0.3, -0.25) is 4.79 Å². The summed E-state index contributed by atoms with van der Waals surface area (Å²) in [4.78, 5) is 23.0. The van der Waals surface area contributed by atoms with Gasteiger partial charge in [0.05, 0.1) is 5.57 Å². The average molecular weight is 259 g/mol. The number of rotatable bonds is 7. The fraction of sp³-hybridized carbons (Fsp3) is 0.692. The number of aliphatic carboxylic acids is 1. The fourth-order valence-corrected chi connectivity index (χ4v) is 2.07. The molecule has 96 valence electrons. The quantitative estimate of drug-likeness (QED) is 0.251. The van der Waals surface area contributed by atoms with Crippen molar-refractivity contribution in [3.8, 4) is 0 Å². The van der Waals surface area contributed by atoms with Gasteiger partial charge in [0.2, 0.25) is 0 Å². The minimum atomic E-state index is -1.11. The maximum Gasteiger partial charge on any atom is 0.339 e. The van der Waals surface area contributed by atoms with E-state index in [1.807, 2.05) is 13.8 Å². The molecular weight excluding hydrogens is 240 g/mol. The summed E-state index contributed by atoms with van der Waals surface area (Å²) >= 11 is 5.54. The summed E-state index contributed by atoms with van der Waals surface area (Å²) in [5, 5.41) is 9.03. The van der Waals surface area contributed by atoms with Gasteiger partial charge < -0.3 is 5.11 Å². The third-order valence-electron chi connectivity index (χ3n) is 3.26. The molecule has 0 unspecified atom stereocenters. The normalized spacial score (nSPS) is 22.3. The van der Waals surface area contributed by atoms with Crippen molar-refractivity contribution in [2.75, 3.05) is 5.88 Å². The lowest BCUT2D eigenvalue weighted by atomic mass is 10.00. The molecule has 17 heavy (non-hydrogen) atoms. The Hall–Kier alpha value is -0.830. The Balaban J connectivity index is 2.60. The van der Waals surface area contributed by atoms with Crippen molar-refractivity contribution in [2.45, 2.75) is 39.5 Å². The second-order valence-electron chi connectivity index (χ2n) is 5.22. The molecule has 1 aliphatic carbocycles. The van der Waals surface area contributed by atoms with Gasteiger partial charge in [-0.15, -0.1) is 11.6 Å². The lowest BCUT2D eigenvalue weighted by Crippen LogP contribution is -2.16. The zero-order chi connectivity index (χ0) is 13.1. The third-order valence-corrected chi connectivity index (χ3v) is 3.53. The van der Waals surface area contributed by atoms with Crippen LogP contribution in [-0.4, -0.2) is 22.7 Å². The van der Waals surface area contributed by atoms with Crippen LogP contribution in [0.25, 0.3) is 0 Å². The highest BCUT2D eigenvalue weighted by atomic mass is 35.5. The Morgan fingerprint density at radius 1 is 1.41 bits per heavy atom. The van der Waals surface area contributed by atoms with Gasteiger partial charge >= 0.3 is 5.97 Å². The van der Waals surface area contributed by atoms with Gasteiger partial charge in [0, 0.05) is 11.8 Å². The first kappa shape index (κ1) is 14.2. The molecule has 4 heteroatoms. The monoisotopic (exact) mass is 258 g/mol. The van der Waals surface area contributed by atoms with E-state index in [2.05, 4.69) is 0 Å². The number of halogens is 1. The molecule has 0 spiro atoms. The molecule has 0 aromatic carbocycles.